The van der Waals surface area contributed by atoms with Gasteiger partial charge < -0.3 is 10.2 Å². The first-order valence-corrected chi connectivity index (χ1v) is 10.1. The van der Waals surface area contributed by atoms with Gasteiger partial charge in [0.15, 0.2) is 0 Å². The lowest BCUT2D eigenvalue weighted by Crippen LogP contribution is -2.60. The van der Waals surface area contributed by atoms with E-state index < -0.39 is 5.60 Å². The summed E-state index contributed by atoms with van der Waals surface area (Å²) < 4.78 is 0. The van der Waals surface area contributed by atoms with Crippen molar-refractivity contribution in [3.05, 3.63) is 0 Å². The quantitative estimate of drug-likeness (QED) is 0.827. The fourth-order valence-corrected chi connectivity index (χ4v) is 5.32. The Kier molecular flexibility index (Phi) is 5.60. The number of hydrogen-bond donors (Lipinski definition) is 2. The van der Waals surface area contributed by atoms with Crippen LogP contribution in [0.4, 0.5) is 0 Å². The van der Waals surface area contributed by atoms with Gasteiger partial charge in [-0.25, -0.2) is 0 Å². The fraction of sp³-hybridized carbons (Fsp3) is 1.00. The lowest BCUT2D eigenvalue weighted by atomic mass is 9.68. The van der Waals surface area contributed by atoms with Gasteiger partial charge in [-0.15, -0.1) is 0 Å². The molecule has 2 atom stereocenters. The molecule has 0 unspecified atom stereocenters. The van der Waals surface area contributed by atoms with E-state index in [1.165, 1.54) is 19.4 Å². The van der Waals surface area contributed by atoms with Gasteiger partial charge in [0, 0.05) is 38.3 Å². The van der Waals surface area contributed by atoms with Crippen molar-refractivity contribution in [1.82, 2.24) is 9.80 Å². The maximum atomic E-state index is 11.2. The zero-order chi connectivity index (χ0) is 17.4. The molecule has 140 valence electrons. The number of nitrogens with zero attached hydrogens (tertiary/aromatic N) is 2. The Morgan fingerprint density at radius 1 is 1.08 bits per heavy atom. The SMILES string of the molecule is CC(C)(C)C1CCC(O)(CN2C[C@H]3CCCN3C[C@@H]2CCO)CC1. The van der Waals surface area contributed by atoms with E-state index in [0.717, 1.165) is 57.7 Å². The highest BCUT2D eigenvalue weighted by atomic mass is 16.3. The lowest BCUT2D eigenvalue weighted by molar-refractivity contribution is -0.0740. The van der Waals surface area contributed by atoms with E-state index in [1.807, 2.05) is 0 Å². The van der Waals surface area contributed by atoms with E-state index in [9.17, 15) is 10.2 Å². The molecule has 0 radical (unpaired) electrons. The predicted molar refractivity (Wildman–Crippen MR) is 98.0 cm³/mol. The standard InChI is InChI=1S/C20H38N2O2/c1-19(2,3)16-6-9-20(24,10-7-16)15-22-14-17-5-4-11-21(17)13-18(22)8-12-23/h16-18,23-24H,4-15H2,1-3H3/t16?,17-,18+,20?/m1/s1. The molecule has 24 heavy (non-hydrogen) atoms. The van der Waals surface area contributed by atoms with Crippen LogP contribution in [0.15, 0.2) is 0 Å². The Hall–Kier alpha value is -0.160. The summed E-state index contributed by atoms with van der Waals surface area (Å²) in [5.41, 5.74) is -0.160. The Morgan fingerprint density at radius 2 is 1.79 bits per heavy atom. The maximum absolute atomic E-state index is 11.2. The summed E-state index contributed by atoms with van der Waals surface area (Å²) in [7, 11) is 0. The molecular weight excluding hydrogens is 300 g/mol. The number of piperazine rings is 1. The molecule has 2 heterocycles. The number of hydrogen-bond acceptors (Lipinski definition) is 4. The third kappa shape index (κ3) is 4.14. The van der Waals surface area contributed by atoms with E-state index in [-0.39, 0.29) is 6.61 Å². The molecule has 0 bridgehead atoms. The van der Waals surface area contributed by atoms with Crippen LogP contribution < -0.4 is 0 Å². The van der Waals surface area contributed by atoms with Crippen LogP contribution in [0.2, 0.25) is 0 Å². The summed E-state index contributed by atoms with van der Waals surface area (Å²) in [5.74, 6) is 0.734. The van der Waals surface area contributed by atoms with Gasteiger partial charge in [-0.3, -0.25) is 9.80 Å². The van der Waals surface area contributed by atoms with Crippen LogP contribution in [0.25, 0.3) is 0 Å². The molecule has 2 aliphatic heterocycles. The normalized spacial score (nSPS) is 39.1. The van der Waals surface area contributed by atoms with Crippen LogP contribution in [-0.4, -0.2) is 70.5 Å². The fourth-order valence-electron chi connectivity index (χ4n) is 5.32. The first kappa shape index (κ1) is 18.6. The van der Waals surface area contributed by atoms with Crippen molar-refractivity contribution in [3.8, 4) is 0 Å². The highest BCUT2D eigenvalue weighted by molar-refractivity contribution is 4.97. The highest BCUT2D eigenvalue weighted by Gasteiger charge is 2.42. The smallest absolute Gasteiger partial charge is 0.0774 e. The van der Waals surface area contributed by atoms with Crippen LogP contribution in [0.1, 0.15) is 65.7 Å². The van der Waals surface area contributed by atoms with E-state index in [0.29, 0.717) is 17.5 Å². The molecule has 3 rings (SSSR count). The van der Waals surface area contributed by atoms with Gasteiger partial charge >= 0.3 is 0 Å². The minimum Gasteiger partial charge on any atom is -0.396 e. The van der Waals surface area contributed by atoms with Crippen molar-refractivity contribution in [2.45, 2.75) is 83.4 Å². The Bertz CT molecular complexity index is 412. The van der Waals surface area contributed by atoms with E-state index in [2.05, 4.69) is 30.6 Å². The molecule has 0 spiro atoms. The summed E-state index contributed by atoms with van der Waals surface area (Å²) in [6, 6.07) is 1.09. The van der Waals surface area contributed by atoms with Gasteiger partial charge in [-0.05, 0) is 62.8 Å². The Balaban J connectivity index is 1.60. The molecule has 0 amide bonds. The highest BCUT2D eigenvalue weighted by Crippen LogP contribution is 2.42. The molecule has 0 aromatic rings. The zero-order valence-electron chi connectivity index (χ0n) is 16.0. The third-order valence-corrected chi connectivity index (χ3v) is 7.01. The summed E-state index contributed by atoms with van der Waals surface area (Å²) in [5, 5.41) is 20.7. The topological polar surface area (TPSA) is 46.9 Å². The summed E-state index contributed by atoms with van der Waals surface area (Å²) in [6.07, 6.45) is 7.61. The van der Waals surface area contributed by atoms with Crippen molar-refractivity contribution < 1.29 is 10.2 Å². The summed E-state index contributed by atoms with van der Waals surface area (Å²) >= 11 is 0. The largest absolute Gasteiger partial charge is 0.396 e. The van der Waals surface area contributed by atoms with Crippen molar-refractivity contribution in [1.29, 1.82) is 0 Å². The van der Waals surface area contributed by atoms with E-state index in [1.54, 1.807) is 0 Å². The first-order valence-electron chi connectivity index (χ1n) is 10.1. The molecule has 2 N–H and O–H groups in total. The monoisotopic (exact) mass is 338 g/mol. The Morgan fingerprint density at radius 3 is 2.42 bits per heavy atom. The van der Waals surface area contributed by atoms with Crippen molar-refractivity contribution in [2.24, 2.45) is 11.3 Å². The van der Waals surface area contributed by atoms with Crippen LogP contribution >= 0.6 is 0 Å². The van der Waals surface area contributed by atoms with Gasteiger partial charge in [-0.2, -0.15) is 0 Å². The lowest BCUT2D eigenvalue weighted by Gasteiger charge is -2.48. The predicted octanol–water partition coefficient (Wildman–Crippen LogP) is 2.48. The second kappa shape index (κ2) is 7.22. The maximum Gasteiger partial charge on any atom is 0.0774 e. The number of rotatable bonds is 4. The third-order valence-electron chi connectivity index (χ3n) is 7.01. The molecule has 0 aromatic carbocycles. The number of fused-ring (bicyclic) bond motifs is 1. The van der Waals surface area contributed by atoms with Crippen molar-refractivity contribution in [2.75, 3.05) is 32.8 Å². The van der Waals surface area contributed by atoms with Gasteiger partial charge in [0.1, 0.15) is 0 Å². The second-order valence-electron chi connectivity index (χ2n) is 9.75. The Labute approximate surface area is 148 Å². The van der Waals surface area contributed by atoms with Crippen LogP contribution in [0.5, 0.6) is 0 Å². The first-order chi connectivity index (χ1) is 11.3. The van der Waals surface area contributed by atoms with E-state index >= 15 is 0 Å². The van der Waals surface area contributed by atoms with Gasteiger partial charge in [0.25, 0.3) is 0 Å². The van der Waals surface area contributed by atoms with Gasteiger partial charge in [0.05, 0.1) is 5.60 Å². The van der Waals surface area contributed by atoms with Gasteiger partial charge in [-0.1, -0.05) is 20.8 Å². The molecule has 3 aliphatic rings. The van der Waals surface area contributed by atoms with Crippen LogP contribution in [0, 0.1) is 11.3 Å². The van der Waals surface area contributed by atoms with Crippen LogP contribution in [0.3, 0.4) is 0 Å². The molecule has 2 saturated heterocycles. The average Bonchev–Trinajstić information content (AvgIpc) is 2.94. The molecule has 0 aromatic heterocycles. The minimum atomic E-state index is -0.518. The summed E-state index contributed by atoms with van der Waals surface area (Å²) in [4.78, 5) is 5.12. The van der Waals surface area contributed by atoms with Crippen molar-refractivity contribution in [3.63, 3.8) is 0 Å². The molecule has 1 aliphatic carbocycles. The zero-order valence-corrected chi connectivity index (χ0v) is 16.0. The molecule has 3 fully saturated rings. The number of aliphatic hydroxyl groups is 2. The molecule has 1 saturated carbocycles. The average molecular weight is 339 g/mol. The van der Waals surface area contributed by atoms with E-state index in [4.69, 9.17) is 0 Å². The van der Waals surface area contributed by atoms with Crippen molar-refractivity contribution >= 4 is 0 Å². The second-order valence-corrected chi connectivity index (χ2v) is 9.75. The number of aliphatic hydroxyl groups excluding tert-OH is 1. The number of β-amino-alcohol motifs (C(OH)–C–C–N with tert-alkyl or cyclic N) is 1. The molecule has 4 nitrogen and oxygen atoms in total. The minimum absolute atomic E-state index is 0.254. The molecular formula is C20H38N2O2. The molecule has 4 heteroatoms. The summed E-state index contributed by atoms with van der Waals surface area (Å²) in [6.45, 7) is 11.4. The van der Waals surface area contributed by atoms with Gasteiger partial charge in [0.2, 0.25) is 0 Å². The van der Waals surface area contributed by atoms with Crippen LogP contribution in [-0.2, 0) is 0 Å².